The zero-order chi connectivity index (χ0) is 10.3. The van der Waals surface area contributed by atoms with Gasteiger partial charge in [-0.1, -0.05) is 0 Å². The zero-order valence-electron chi connectivity index (χ0n) is 6.57. The fourth-order valence-electron chi connectivity index (χ4n) is 0.998. The number of carbonyl (C=O) groups is 1. The van der Waals surface area contributed by atoms with Gasteiger partial charge in [0.1, 0.15) is 9.71 Å². The highest BCUT2D eigenvalue weighted by Gasteiger charge is 2.12. The van der Waals surface area contributed by atoms with Gasteiger partial charge in [-0.2, -0.15) is 0 Å². The lowest BCUT2D eigenvalue weighted by Gasteiger charge is -1.82. The molecule has 72 valence electrons. The Morgan fingerprint density at radius 3 is 2.86 bits per heavy atom. The number of rotatable bonds is 1. The topological polar surface area (TPSA) is 100 Å². The van der Waals surface area contributed by atoms with E-state index >= 15 is 0 Å². The van der Waals surface area contributed by atoms with Gasteiger partial charge in [-0.3, -0.25) is 4.98 Å². The van der Waals surface area contributed by atoms with Gasteiger partial charge in [0, 0.05) is 0 Å². The molecule has 0 fully saturated rings. The summed E-state index contributed by atoms with van der Waals surface area (Å²) in [7, 11) is 0. The highest BCUT2D eigenvalue weighted by Crippen LogP contribution is 2.19. The smallest absolute Gasteiger partial charge is 0.420 e. The van der Waals surface area contributed by atoms with Crippen LogP contribution in [0.1, 0.15) is 9.67 Å². The summed E-state index contributed by atoms with van der Waals surface area (Å²) in [5.74, 6) is -2.03. The lowest BCUT2D eigenvalue weighted by Crippen LogP contribution is -2.12. The Morgan fingerprint density at radius 2 is 2.21 bits per heavy atom. The minimum absolute atomic E-state index is 0.0193. The van der Waals surface area contributed by atoms with E-state index in [2.05, 4.69) is 9.40 Å². The molecule has 0 aliphatic carbocycles. The zero-order valence-corrected chi connectivity index (χ0v) is 7.38. The van der Waals surface area contributed by atoms with Crippen LogP contribution in [0.25, 0.3) is 10.2 Å². The Balaban J connectivity index is 2.90. The third-order valence-corrected chi connectivity index (χ3v) is 2.60. The van der Waals surface area contributed by atoms with Crippen LogP contribution in [-0.4, -0.2) is 16.1 Å². The predicted octanol–water partition coefficient (Wildman–Crippen LogP) is 0.241. The molecular weight excluding hydrogens is 210 g/mol. The van der Waals surface area contributed by atoms with E-state index in [1.165, 1.54) is 6.07 Å². The first-order valence-corrected chi connectivity index (χ1v) is 4.30. The number of thiophene rings is 1. The standard InChI is InChI=1S/C7H3NO5S/c9-5(10)3-1-2-4(14-3)8-7(12)13-6(2)11/h1H,(H,8,12)(H,9,10). The molecule has 0 spiro atoms. The van der Waals surface area contributed by atoms with Crippen molar-refractivity contribution in [3.05, 3.63) is 31.9 Å². The highest BCUT2D eigenvalue weighted by atomic mass is 32.1. The van der Waals surface area contributed by atoms with Crippen LogP contribution in [0.3, 0.4) is 0 Å². The first kappa shape index (κ1) is 8.70. The first-order valence-electron chi connectivity index (χ1n) is 3.48. The van der Waals surface area contributed by atoms with Crippen LogP contribution in [0.4, 0.5) is 0 Å². The molecule has 0 unspecified atom stereocenters. The van der Waals surface area contributed by atoms with Gasteiger partial charge in [0.25, 0.3) is 0 Å². The van der Waals surface area contributed by atoms with E-state index in [1.54, 1.807) is 0 Å². The van der Waals surface area contributed by atoms with Crippen molar-refractivity contribution in [1.82, 2.24) is 4.98 Å². The summed E-state index contributed by atoms with van der Waals surface area (Å²) < 4.78 is 4.23. The molecule has 6 nitrogen and oxygen atoms in total. The maximum Gasteiger partial charge on any atom is 0.420 e. The summed E-state index contributed by atoms with van der Waals surface area (Å²) >= 11 is 0.819. The molecule has 0 aromatic carbocycles. The van der Waals surface area contributed by atoms with E-state index in [0.717, 1.165) is 11.3 Å². The first-order chi connectivity index (χ1) is 6.58. The molecule has 2 aromatic heterocycles. The van der Waals surface area contributed by atoms with Gasteiger partial charge in [-0.25, -0.2) is 14.4 Å². The molecule has 0 aliphatic heterocycles. The third-order valence-electron chi connectivity index (χ3n) is 1.56. The van der Waals surface area contributed by atoms with Crippen molar-refractivity contribution in [1.29, 1.82) is 0 Å². The molecule has 2 heterocycles. The Bertz CT molecular complexity index is 619. The molecular formula is C7H3NO5S. The molecule has 2 N–H and O–H groups in total. The van der Waals surface area contributed by atoms with Crippen molar-refractivity contribution in [2.75, 3.05) is 0 Å². The number of H-pyrrole nitrogens is 1. The van der Waals surface area contributed by atoms with E-state index in [0.29, 0.717) is 0 Å². The van der Waals surface area contributed by atoms with Crippen LogP contribution in [0.5, 0.6) is 0 Å². The van der Waals surface area contributed by atoms with Crippen LogP contribution in [-0.2, 0) is 0 Å². The van der Waals surface area contributed by atoms with Crippen molar-refractivity contribution in [2.45, 2.75) is 0 Å². The van der Waals surface area contributed by atoms with Crippen molar-refractivity contribution in [2.24, 2.45) is 0 Å². The number of hydrogen-bond acceptors (Lipinski definition) is 5. The minimum Gasteiger partial charge on any atom is -0.477 e. The van der Waals surface area contributed by atoms with Crippen LogP contribution in [0.2, 0.25) is 0 Å². The van der Waals surface area contributed by atoms with E-state index in [4.69, 9.17) is 5.11 Å². The number of fused-ring (bicyclic) bond motifs is 1. The Hall–Kier alpha value is -1.89. The molecule has 0 radical (unpaired) electrons. The summed E-state index contributed by atoms with van der Waals surface area (Å²) in [5.41, 5.74) is -0.826. The third kappa shape index (κ3) is 1.23. The molecule has 0 bridgehead atoms. The minimum atomic E-state index is -1.15. The van der Waals surface area contributed by atoms with Gasteiger partial charge in [-0.15, -0.1) is 11.3 Å². The fourth-order valence-corrected chi connectivity index (χ4v) is 1.87. The van der Waals surface area contributed by atoms with Crippen LogP contribution < -0.4 is 11.4 Å². The molecule has 7 heteroatoms. The summed E-state index contributed by atoms with van der Waals surface area (Å²) in [4.78, 5) is 34.8. The molecule has 0 atom stereocenters. The molecule has 0 amide bonds. The van der Waals surface area contributed by atoms with Gasteiger partial charge < -0.3 is 9.52 Å². The largest absolute Gasteiger partial charge is 0.477 e. The van der Waals surface area contributed by atoms with Gasteiger partial charge >= 0.3 is 17.4 Å². The van der Waals surface area contributed by atoms with Crippen molar-refractivity contribution in [3.8, 4) is 0 Å². The van der Waals surface area contributed by atoms with Gasteiger partial charge in [0.05, 0.1) is 5.39 Å². The number of hydrogen-bond donors (Lipinski definition) is 2. The molecule has 2 rings (SSSR count). The molecule has 14 heavy (non-hydrogen) atoms. The summed E-state index contributed by atoms with van der Waals surface area (Å²) in [6, 6.07) is 1.17. The van der Waals surface area contributed by atoms with Gasteiger partial charge in [0.2, 0.25) is 0 Å². The number of aromatic amines is 1. The second-order valence-electron chi connectivity index (χ2n) is 2.46. The number of carboxylic acid groups (broad SMARTS) is 1. The van der Waals surface area contributed by atoms with Crippen molar-refractivity contribution < 1.29 is 14.3 Å². The van der Waals surface area contributed by atoms with Crippen LogP contribution in [0, 0.1) is 0 Å². The highest BCUT2D eigenvalue weighted by molar-refractivity contribution is 7.20. The summed E-state index contributed by atoms with van der Waals surface area (Å²) in [6.07, 6.45) is 0. The lowest BCUT2D eigenvalue weighted by atomic mass is 10.4. The molecule has 0 saturated heterocycles. The van der Waals surface area contributed by atoms with Crippen molar-refractivity contribution >= 4 is 27.5 Å². The Kier molecular flexibility index (Phi) is 1.74. The average Bonchev–Trinajstić information content (AvgIpc) is 2.47. The Morgan fingerprint density at radius 1 is 1.50 bits per heavy atom. The summed E-state index contributed by atoms with van der Waals surface area (Å²) in [5, 5.41) is 8.71. The normalized spacial score (nSPS) is 10.6. The average molecular weight is 213 g/mol. The predicted molar refractivity (Wildman–Crippen MR) is 47.9 cm³/mol. The van der Waals surface area contributed by atoms with E-state index in [-0.39, 0.29) is 15.1 Å². The summed E-state index contributed by atoms with van der Waals surface area (Å²) in [6.45, 7) is 0. The van der Waals surface area contributed by atoms with E-state index < -0.39 is 17.4 Å². The second kappa shape index (κ2) is 2.81. The van der Waals surface area contributed by atoms with E-state index in [1.807, 2.05) is 0 Å². The number of aromatic carboxylic acids is 1. The molecule has 2 aromatic rings. The fraction of sp³-hybridized carbons (Fsp3) is 0. The van der Waals surface area contributed by atoms with E-state index in [9.17, 15) is 14.4 Å². The van der Waals surface area contributed by atoms with Gasteiger partial charge in [-0.05, 0) is 6.07 Å². The van der Waals surface area contributed by atoms with Gasteiger partial charge in [0.15, 0.2) is 0 Å². The lowest BCUT2D eigenvalue weighted by molar-refractivity contribution is 0.0702. The molecule has 0 saturated carbocycles. The van der Waals surface area contributed by atoms with Crippen LogP contribution >= 0.6 is 11.3 Å². The maximum atomic E-state index is 11.1. The molecule has 0 aliphatic rings. The number of nitrogens with one attached hydrogen (secondary N) is 1. The maximum absolute atomic E-state index is 11.1. The Labute approximate surface area is 79.4 Å². The second-order valence-corrected chi connectivity index (χ2v) is 3.51. The monoisotopic (exact) mass is 213 g/mol. The number of carboxylic acids is 1. The SMILES string of the molecule is O=C(O)c1cc2c(=O)oc(=O)[nH]c2s1. The quantitative estimate of drug-likeness (QED) is 0.706. The number of aromatic nitrogens is 1. The van der Waals surface area contributed by atoms with Crippen LogP contribution in [0.15, 0.2) is 20.1 Å². The van der Waals surface area contributed by atoms with Crippen molar-refractivity contribution in [3.63, 3.8) is 0 Å².